The Hall–Kier alpha value is -2.05. The first kappa shape index (κ1) is 18.7. The lowest BCUT2D eigenvalue weighted by Crippen LogP contribution is -2.21. The van der Waals surface area contributed by atoms with Gasteiger partial charge in [0.15, 0.2) is 11.0 Å². The molecule has 0 aliphatic heterocycles. The van der Waals surface area contributed by atoms with Crippen LogP contribution in [0.1, 0.15) is 19.4 Å². The van der Waals surface area contributed by atoms with Gasteiger partial charge in [0.1, 0.15) is 5.15 Å². The van der Waals surface area contributed by atoms with Gasteiger partial charge in [-0.3, -0.25) is 0 Å². The molecule has 0 aliphatic carbocycles. The van der Waals surface area contributed by atoms with Crippen LogP contribution in [0.25, 0.3) is 11.4 Å². The minimum atomic E-state index is 0.509. The van der Waals surface area contributed by atoms with Crippen LogP contribution in [-0.2, 0) is 12.8 Å². The molecule has 0 amide bonds. The van der Waals surface area contributed by atoms with E-state index in [1.807, 2.05) is 23.7 Å². The number of halogens is 1. The van der Waals surface area contributed by atoms with Crippen molar-refractivity contribution in [1.29, 1.82) is 0 Å². The van der Waals surface area contributed by atoms with E-state index in [9.17, 15) is 0 Å². The average molecular weight is 388 g/mol. The van der Waals surface area contributed by atoms with E-state index in [0.29, 0.717) is 5.15 Å². The summed E-state index contributed by atoms with van der Waals surface area (Å²) in [5.41, 5.74) is 3.41. The molecule has 26 heavy (non-hydrogen) atoms. The third-order valence-corrected chi connectivity index (χ3v) is 5.55. The molecule has 3 rings (SSSR count). The van der Waals surface area contributed by atoms with Gasteiger partial charge in [-0.2, -0.15) is 0 Å². The number of hydrogen-bond donors (Lipinski definition) is 0. The summed E-state index contributed by atoms with van der Waals surface area (Å²) in [5, 5.41) is 10.1. The molecule has 0 saturated heterocycles. The van der Waals surface area contributed by atoms with E-state index in [2.05, 4.69) is 58.2 Å². The minimum absolute atomic E-state index is 0.509. The summed E-state index contributed by atoms with van der Waals surface area (Å²) in [7, 11) is 2.00. The summed E-state index contributed by atoms with van der Waals surface area (Å²) >= 11 is 7.58. The van der Waals surface area contributed by atoms with Crippen LogP contribution in [0.2, 0.25) is 5.15 Å². The van der Waals surface area contributed by atoms with Crippen molar-refractivity contribution >= 4 is 29.1 Å². The van der Waals surface area contributed by atoms with Gasteiger partial charge in [-0.1, -0.05) is 23.4 Å². The van der Waals surface area contributed by atoms with Crippen LogP contribution in [0.4, 0.5) is 5.69 Å². The average Bonchev–Trinajstić information content (AvgIpc) is 3.02. The Kier molecular flexibility index (Phi) is 6.16. The van der Waals surface area contributed by atoms with Crippen molar-refractivity contribution in [3.8, 4) is 11.4 Å². The molecule has 5 nitrogen and oxygen atoms in total. The van der Waals surface area contributed by atoms with E-state index in [0.717, 1.165) is 41.0 Å². The summed E-state index contributed by atoms with van der Waals surface area (Å²) < 4.78 is 2.03. The number of anilines is 1. The monoisotopic (exact) mass is 387 g/mol. The van der Waals surface area contributed by atoms with E-state index < -0.39 is 0 Å². The summed E-state index contributed by atoms with van der Waals surface area (Å²) in [5.74, 6) is 1.64. The van der Waals surface area contributed by atoms with Gasteiger partial charge in [-0.05, 0) is 55.8 Å². The maximum atomic E-state index is 5.94. The Bertz CT molecular complexity index is 859. The normalized spacial score (nSPS) is 10.9. The van der Waals surface area contributed by atoms with Crippen molar-refractivity contribution in [2.75, 3.05) is 18.0 Å². The highest BCUT2D eigenvalue weighted by molar-refractivity contribution is 7.98. The highest BCUT2D eigenvalue weighted by atomic mass is 35.5. The Morgan fingerprint density at radius 1 is 1.08 bits per heavy atom. The predicted octanol–water partition coefficient (Wildman–Crippen LogP) is 4.67. The number of thioether (sulfide) groups is 1. The number of hydrogen-bond acceptors (Lipinski definition) is 5. The second-order valence-electron chi connectivity index (χ2n) is 5.86. The van der Waals surface area contributed by atoms with Gasteiger partial charge >= 0.3 is 0 Å². The van der Waals surface area contributed by atoms with Crippen LogP contribution in [0.3, 0.4) is 0 Å². The van der Waals surface area contributed by atoms with Gasteiger partial charge in [0, 0.05) is 43.3 Å². The molecule has 3 aromatic rings. The van der Waals surface area contributed by atoms with Crippen LogP contribution < -0.4 is 4.90 Å². The first-order valence-corrected chi connectivity index (χ1v) is 9.96. The van der Waals surface area contributed by atoms with E-state index in [1.54, 1.807) is 18.0 Å². The fraction of sp³-hybridized carbons (Fsp3) is 0.316. The zero-order chi connectivity index (χ0) is 18.5. The molecular weight excluding hydrogens is 366 g/mol. The highest BCUT2D eigenvalue weighted by Gasteiger charge is 2.12. The second kappa shape index (κ2) is 8.56. The van der Waals surface area contributed by atoms with Crippen LogP contribution in [0.5, 0.6) is 0 Å². The van der Waals surface area contributed by atoms with Gasteiger partial charge in [0.05, 0.1) is 0 Å². The Labute approximate surface area is 163 Å². The molecule has 0 bridgehead atoms. The van der Waals surface area contributed by atoms with Crippen molar-refractivity contribution in [2.45, 2.75) is 24.8 Å². The molecule has 0 radical (unpaired) electrons. The lowest BCUT2D eigenvalue weighted by atomic mass is 10.2. The van der Waals surface area contributed by atoms with E-state index in [-0.39, 0.29) is 0 Å². The van der Waals surface area contributed by atoms with Crippen molar-refractivity contribution in [3.05, 3.63) is 53.3 Å². The molecule has 2 aromatic heterocycles. The molecule has 0 saturated carbocycles. The molecule has 0 atom stereocenters. The summed E-state index contributed by atoms with van der Waals surface area (Å²) in [6.45, 7) is 6.33. The number of benzene rings is 1. The minimum Gasteiger partial charge on any atom is -0.372 e. The first-order chi connectivity index (χ1) is 12.6. The van der Waals surface area contributed by atoms with E-state index >= 15 is 0 Å². The largest absolute Gasteiger partial charge is 0.372 e. The first-order valence-electron chi connectivity index (χ1n) is 8.60. The van der Waals surface area contributed by atoms with Crippen molar-refractivity contribution in [3.63, 3.8) is 0 Å². The Morgan fingerprint density at radius 3 is 2.46 bits per heavy atom. The van der Waals surface area contributed by atoms with Crippen LogP contribution in [-0.4, -0.2) is 32.8 Å². The molecule has 0 spiro atoms. The fourth-order valence-corrected chi connectivity index (χ4v) is 3.83. The van der Waals surface area contributed by atoms with Crippen LogP contribution in [0.15, 0.2) is 47.8 Å². The molecule has 2 heterocycles. The van der Waals surface area contributed by atoms with Crippen molar-refractivity contribution in [1.82, 2.24) is 19.7 Å². The smallest absolute Gasteiger partial charge is 0.191 e. The van der Waals surface area contributed by atoms with Gasteiger partial charge in [-0.15, -0.1) is 10.2 Å². The van der Waals surface area contributed by atoms with E-state index in [1.165, 1.54) is 5.69 Å². The summed E-state index contributed by atoms with van der Waals surface area (Å²) in [6, 6.07) is 12.3. The Morgan fingerprint density at radius 2 is 1.81 bits per heavy atom. The van der Waals surface area contributed by atoms with Crippen LogP contribution >= 0.6 is 23.4 Å². The zero-order valence-electron chi connectivity index (χ0n) is 15.2. The molecule has 0 aliphatic rings. The number of nitrogens with zero attached hydrogens (tertiary/aromatic N) is 5. The molecule has 136 valence electrons. The molecule has 0 fully saturated rings. The summed E-state index contributed by atoms with van der Waals surface area (Å²) in [6.07, 6.45) is 1.72. The molecule has 0 unspecified atom stereocenters. The lowest BCUT2D eigenvalue weighted by molar-refractivity contribution is 0.793. The maximum Gasteiger partial charge on any atom is 0.191 e. The van der Waals surface area contributed by atoms with Gasteiger partial charge in [-0.25, -0.2) is 4.98 Å². The number of rotatable bonds is 7. The standard InChI is InChI=1S/C19H22ClN5S/c1-4-25(5-2)16-8-6-15(7-9-16)18-22-23-19(24(18)3)26-13-14-10-11-21-17(20)12-14/h6-12H,4-5,13H2,1-3H3. The second-order valence-corrected chi connectivity index (χ2v) is 7.19. The van der Waals surface area contributed by atoms with Crippen molar-refractivity contribution < 1.29 is 0 Å². The van der Waals surface area contributed by atoms with Gasteiger partial charge < -0.3 is 9.47 Å². The SMILES string of the molecule is CCN(CC)c1ccc(-c2nnc(SCc3ccnc(Cl)c3)n2C)cc1. The molecule has 1 aromatic carbocycles. The van der Waals surface area contributed by atoms with Gasteiger partial charge in [0.2, 0.25) is 0 Å². The molecular formula is C19H22ClN5S. The summed E-state index contributed by atoms with van der Waals surface area (Å²) in [4.78, 5) is 6.33. The Balaban J connectivity index is 1.74. The molecule has 7 heteroatoms. The third-order valence-electron chi connectivity index (χ3n) is 4.25. The number of pyridine rings is 1. The zero-order valence-corrected chi connectivity index (χ0v) is 16.8. The topological polar surface area (TPSA) is 46.8 Å². The molecule has 0 N–H and O–H groups in total. The van der Waals surface area contributed by atoms with Crippen LogP contribution in [0, 0.1) is 0 Å². The fourth-order valence-electron chi connectivity index (χ4n) is 2.78. The van der Waals surface area contributed by atoms with Gasteiger partial charge in [0.25, 0.3) is 0 Å². The lowest BCUT2D eigenvalue weighted by Gasteiger charge is -2.21. The predicted molar refractivity (Wildman–Crippen MR) is 109 cm³/mol. The number of aromatic nitrogens is 4. The quantitative estimate of drug-likeness (QED) is 0.435. The van der Waals surface area contributed by atoms with Crippen molar-refractivity contribution in [2.24, 2.45) is 7.05 Å². The maximum absolute atomic E-state index is 5.94. The third kappa shape index (κ3) is 4.19. The highest BCUT2D eigenvalue weighted by Crippen LogP contribution is 2.27. The van der Waals surface area contributed by atoms with E-state index in [4.69, 9.17) is 11.6 Å².